The summed E-state index contributed by atoms with van der Waals surface area (Å²) in [7, 11) is 0. The summed E-state index contributed by atoms with van der Waals surface area (Å²) < 4.78 is 59.5. The van der Waals surface area contributed by atoms with Gasteiger partial charge in [-0.25, -0.2) is 0 Å². The highest BCUT2D eigenvalue weighted by Gasteiger charge is 2.71. The van der Waals surface area contributed by atoms with Gasteiger partial charge in [0.05, 0.1) is 56.9 Å². The van der Waals surface area contributed by atoms with Gasteiger partial charge >= 0.3 is 0 Å². The summed E-state index contributed by atoms with van der Waals surface area (Å²) in [4.78, 5) is 0. The molecule has 0 spiro atoms. The molecule has 1 unspecified atom stereocenters. The molecule has 0 bridgehead atoms. The van der Waals surface area contributed by atoms with E-state index in [2.05, 4.69) is 33.8 Å². The topological polar surface area (TPSA) is 477 Å². The highest BCUT2D eigenvalue weighted by Crippen LogP contribution is 2.75. The monoisotopic (exact) mass is 1290 g/mol. The SMILES string of the molecule is C[C@H](CC[C@@H](O[C@@H]1O[C@H](CO[C@@H]2O[C@H](CO)[C@@H](O)[C@H](O)[C@H]2O)[C@@H](O)[C@H](O)[C@H]1O[C@@H]1OC(CO)[C@@H](O)[C@H](O)[C@H]1O)C(C)(C)O)[C@H]1CC[C@@]2(C)[C@@H]3CC=C4[C@@H](CC[C@H](O[C@@H]5O[C@H](CO)[C@@H](O[C@@H]6O[C@H](CO)[C@@H](O)[C@H](O)[C@H]6O)[C@H](O)[C@H]5O)C4(C)C)[C@]3(C)[C@H](O)C[C@]12C. The molecule has 29 nitrogen and oxygen atoms in total. The molecule has 0 aromatic heterocycles. The molecule has 5 heterocycles. The van der Waals surface area contributed by atoms with Crippen LogP contribution in [0.1, 0.15) is 107 Å². The van der Waals surface area contributed by atoms with Crippen LogP contribution in [0.3, 0.4) is 0 Å². The third-order valence-electron chi connectivity index (χ3n) is 22.9. The summed E-state index contributed by atoms with van der Waals surface area (Å²) in [6, 6.07) is 0. The van der Waals surface area contributed by atoms with Gasteiger partial charge in [0, 0.05) is 10.8 Å². The number of aliphatic hydroxyl groups is 19. The zero-order chi connectivity index (χ0) is 65.5. The molecule has 29 heteroatoms. The van der Waals surface area contributed by atoms with Crippen molar-refractivity contribution >= 4 is 0 Å². The lowest BCUT2D eigenvalue weighted by molar-refractivity contribution is -0.380. The van der Waals surface area contributed by atoms with Gasteiger partial charge in [-0.2, -0.15) is 0 Å². The van der Waals surface area contributed by atoms with Gasteiger partial charge in [-0.05, 0) is 99.7 Å². The average Bonchev–Trinajstić information content (AvgIpc) is 1.66. The quantitative estimate of drug-likeness (QED) is 0.0506. The van der Waals surface area contributed by atoms with E-state index < -0.39 is 227 Å². The van der Waals surface area contributed by atoms with E-state index in [-0.39, 0.29) is 35.5 Å². The van der Waals surface area contributed by atoms with Gasteiger partial charge in [0.1, 0.15) is 122 Å². The minimum Gasteiger partial charge on any atom is -0.394 e. The molecule has 0 radical (unpaired) electrons. The highest BCUT2D eigenvalue weighted by molar-refractivity contribution is 5.32. The molecule has 4 aliphatic carbocycles. The zero-order valence-electron chi connectivity index (χ0n) is 51.8. The van der Waals surface area contributed by atoms with Crippen LogP contribution in [0.2, 0.25) is 0 Å². The first-order valence-corrected chi connectivity index (χ1v) is 31.6. The molecule has 3 saturated carbocycles. The largest absolute Gasteiger partial charge is 0.394 e. The van der Waals surface area contributed by atoms with Crippen molar-refractivity contribution in [3.8, 4) is 0 Å². The van der Waals surface area contributed by atoms with E-state index in [0.29, 0.717) is 32.1 Å². The van der Waals surface area contributed by atoms with E-state index in [0.717, 1.165) is 18.4 Å². The third-order valence-corrected chi connectivity index (χ3v) is 22.9. The number of hydrogen-bond donors (Lipinski definition) is 19. The van der Waals surface area contributed by atoms with E-state index in [4.69, 9.17) is 47.4 Å². The molecule has 19 N–H and O–H groups in total. The smallest absolute Gasteiger partial charge is 0.187 e. The lowest BCUT2D eigenvalue weighted by atomic mass is 9.38. The molecule has 8 fully saturated rings. The molecule has 89 heavy (non-hydrogen) atoms. The lowest BCUT2D eigenvalue weighted by Gasteiger charge is -2.67. The average molecular weight is 1290 g/mol. The Morgan fingerprint density at radius 2 is 0.978 bits per heavy atom. The summed E-state index contributed by atoms with van der Waals surface area (Å²) in [6.07, 6.45) is -37.7. The summed E-state index contributed by atoms with van der Waals surface area (Å²) in [6.45, 7) is 12.3. The molecule has 5 aliphatic heterocycles. The van der Waals surface area contributed by atoms with Crippen LogP contribution in [-0.2, 0) is 47.4 Å². The van der Waals surface area contributed by atoms with Crippen molar-refractivity contribution in [2.45, 2.75) is 284 Å². The number of allylic oxidation sites excluding steroid dienone is 1. The predicted octanol–water partition coefficient (Wildman–Crippen LogP) is -5.41. The third kappa shape index (κ3) is 13.0. The molecular weight excluding hydrogens is 1180 g/mol. The van der Waals surface area contributed by atoms with Crippen LogP contribution in [-0.4, -0.2) is 308 Å². The maximum absolute atomic E-state index is 12.8. The van der Waals surface area contributed by atoms with Gasteiger partial charge in [0.15, 0.2) is 31.5 Å². The summed E-state index contributed by atoms with van der Waals surface area (Å²) >= 11 is 0. The van der Waals surface area contributed by atoms with Crippen LogP contribution < -0.4 is 0 Å². The normalized spacial score (nSPS) is 51.8. The van der Waals surface area contributed by atoms with Gasteiger partial charge in [0.2, 0.25) is 0 Å². The summed E-state index contributed by atoms with van der Waals surface area (Å²) in [5, 5.41) is 205. The van der Waals surface area contributed by atoms with Crippen molar-refractivity contribution in [3.63, 3.8) is 0 Å². The van der Waals surface area contributed by atoms with Crippen LogP contribution in [0, 0.1) is 45.3 Å². The van der Waals surface area contributed by atoms with Crippen LogP contribution in [0.15, 0.2) is 11.6 Å². The Bertz CT molecular complexity index is 2340. The minimum atomic E-state index is -1.96. The van der Waals surface area contributed by atoms with Crippen LogP contribution >= 0.6 is 0 Å². The van der Waals surface area contributed by atoms with Gasteiger partial charge < -0.3 is 144 Å². The number of hydrogen-bond acceptors (Lipinski definition) is 29. The first kappa shape index (κ1) is 71.9. The van der Waals surface area contributed by atoms with Crippen molar-refractivity contribution in [1.82, 2.24) is 0 Å². The minimum absolute atomic E-state index is 0.0310. The van der Waals surface area contributed by atoms with Crippen LogP contribution in [0.25, 0.3) is 0 Å². The molecule has 0 amide bonds. The van der Waals surface area contributed by atoms with Crippen molar-refractivity contribution in [1.29, 1.82) is 0 Å². The standard InChI is InChI=1S/C60H102O29/c1-23(9-13-35(57(4,5)79)87-55-50(89-54-47(77)42(72)38(68)29(20-63)83-54)43(73)39(69)31(85-55)22-80-51-45(75)40(70)36(66)27(18-61)81-51)24-15-16-58(6)32-12-10-25-26(60(32,8)33(65)17-59(24,58)7)11-14-34(56(25,2)3)86-52-48(78)44(74)49(30(21-64)84-52)88-53-46(76)41(71)37(67)28(19-62)82-53/h10,23-24,26-55,61-79H,9,11-22H2,1-8H3/t23-,24-,26-,27-,28-,29?,30-,31-,32+,33-,34+,35-,36-,37-,38-,39-,40+,41+,42+,43+,44-,45-,46-,47-,48-,49-,50-,51-,52+,53+,54+,55+,58+,59-,60+/m1/s1. The van der Waals surface area contributed by atoms with E-state index in [9.17, 15) is 97.0 Å². The Hall–Kier alpha value is -1.42. The number of rotatable bonds is 20. The number of fused-ring (bicyclic) bond motifs is 5. The summed E-state index contributed by atoms with van der Waals surface area (Å²) in [5.41, 5.74) is -2.49. The Kier molecular flexibility index (Phi) is 22.3. The first-order valence-electron chi connectivity index (χ1n) is 31.6. The Morgan fingerprint density at radius 1 is 0.517 bits per heavy atom. The van der Waals surface area contributed by atoms with Gasteiger partial charge in [-0.3, -0.25) is 0 Å². The maximum atomic E-state index is 12.8. The van der Waals surface area contributed by atoms with Crippen molar-refractivity contribution in [2.24, 2.45) is 45.3 Å². The fourth-order valence-electron chi connectivity index (χ4n) is 17.1. The molecular formula is C60H102O29. The number of aliphatic hydroxyl groups excluding tert-OH is 18. The molecule has 9 aliphatic rings. The molecule has 5 saturated heterocycles. The van der Waals surface area contributed by atoms with E-state index in [1.165, 1.54) is 13.8 Å². The van der Waals surface area contributed by atoms with Crippen molar-refractivity contribution in [3.05, 3.63) is 11.6 Å². The van der Waals surface area contributed by atoms with E-state index in [1.54, 1.807) is 0 Å². The molecule has 35 atom stereocenters. The Labute approximate surface area is 517 Å². The van der Waals surface area contributed by atoms with E-state index >= 15 is 0 Å². The second-order valence-corrected chi connectivity index (χ2v) is 28.7. The highest BCUT2D eigenvalue weighted by atomic mass is 16.8. The molecule has 0 aromatic rings. The second-order valence-electron chi connectivity index (χ2n) is 28.7. The molecule has 9 rings (SSSR count). The van der Waals surface area contributed by atoms with E-state index in [1.807, 2.05) is 13.8 Å². The lowest BCUT2D eigenvalue weighted by Crippen LogP contribution is -2.66. The fraction of sp³-hybridized carbons (Fsp3) is 0.967. The summed E-state index contributed by atoms with van der Waals surface area (Å²) in [5.74, 6) is -0.0172. The van der Waals surface area contributed by atoms with Gasteiger partial charge in [0.25, 0.3) is 0 Å². The van der Waals surface area contributed by atoms with Gasteiger partial charge in [-0.15, -0.1) is 0 Å². The molecule has 516 valence electrons. The Balaban J connectivity index is 0.884. The predicted molar refractivity (Wildman–Crippen MR) is 300 cm³/mol. The van der Waals surface area contributed by atoms with Crippen molar-refractivity contribution < 1.29 is 144 Å². The van der Waals surface area contributed by atoms with Crippen LogP contribution in [0.4, 0.5) is 0 Å². The first-order chi connectivity index (χ1) is 41.7. The van der Waals surface area contributed by atoms with Crippen molar-refractivity contribution in [2.75, 3.05) is 33.0 Å². The van der Waals surface area contributed by atoms with Crippen LogP contribution in [0.5, 0.6) is 0 Å². The Morgan fingerprint density at radius 3 is 1.52 bits per heavy atom. The second kappa shape index (κ2) is 27.6. The molecule has 0 aromatic carbocycles. The maximum Gasteiger partial charge on any atom is 0.187 e. The fourth-order valence-corrected chi connectivity index (χ4v) is 17.1. The number of ether oxygens (including phenoxy) is 10. The van der Waals surface area contributed by atoms with Gasteiger partial charge in [-0.1, -0.05) is 53.2 Å². The zero-order valence-corrected chi connectivity index (χ0v) is 51.8.